The van der Waals surface area contributed by atoms with E-state index in [-0.39, 0.29) is 5.97 Å². The van der Waals surface area contributed by atoms with Crippen LogP contribution >= 0.6 is 12.2 Å². The van der Waals surface area contributed by atoms with Crippen molar-refractivity contribution in [3.05, 3.63) is 17.2 Å². The Morgan fingerprint density at radius 1 is 1.77 bits per heavy atom. The summed E-state index contributed by atoms with van der Waals surface area (Å²) in [5, 5.41) is 0. The molecule has 0 aliphatic rings. The van der Waals surface area contributed by atoms with E-state index in [1.165, 1.54) is 0 Å². The topological polar surface area (TPSA) is 47.0 Å². The molecule has 0 saturated carbocycles. The maximum atomic E-state index is 11.0. The maximum absolute atomic E-state index is 11.0. The van der Waals surface area contributed by atoms with Crippen molar-refractivity contribution < 1.29 is 9.53 Å². The van der Waals surface area contributed by atoms with Gasteiger partial charge in [0.25, 0.3) is 0 Å². The van der Waals surface area contributed by atoms with Gasteiger partial charge in [-0.3, -0.25) is 4.79 Å². The van der Waals surface area contributed by atoms with Gasteiger partial charge in [0, 0.05) is 18.9 Å². The van der Waals surface area contributed by atoms with E-state index in [4.69, 9.17) is 17.0 Å². The first-order valence-electron chi connectivity index (χ1n) is 4.13. The Balaban J connectivity index is 2.39. The number of nitrogens with zero attached hydrogens (tertiary/aromatic N) is 1. The van der Waals surface area contributed by atoms with Gasteiger partial charge in [0.05, 0.1) is 13.0 Å². The molecule has 0 fully saturated rings. The van der Waals surface area contributed by atoms with Gasteiger partial charge < -0.3 is 14.3 Å². The predicted molar refractivity (Wildman–Crippen MR) is 50.9 cm³/mol. The van der Waals surface area contributed by atoms with Crippen molar-refractivity contribution in [1.82, 2.24) is 9.55 Å². The fourth-order valence-corrected chi connectivity index (χ4v) is 1.19. The van der Waals surface area contributed by atoms with E-state index in [0.717, 1.165) is 0 Å². The average molecular weight is 200 g/mol. The van der Waals surface area contributed by atoms with Crippen LogP contribution in [0.5, 0.6) is 0 Å². The van der Waals surface area contributed by atoms with E-state index < -0.39 is 0 Å². The van der Waals surface area contributed by atoms with Crippen molar-refractivity contribution in [2.75, 3.05) is 6.61 Å². The number of aromatic amines is 1. The van der Waals surface area contributed by atoms with Gasteiger partial charge in [-0.15, -0.1) is 0 Å². The second-order valence-electron chi connectivity index (χ2n) is 2.51. The molecule has 0 aliphatic heterocycles. The first kappa shape index (κ1) is 9.98. The summed E-state index contributed by atoms with van der Waals surface area (Å²) in [6.45, 7) is 2.79. The monoisotopic (exact) mass is 200 g/mol. The number of nitrogens with one attached hydrogen (secondary N) is 1. The molecule has 1 heterocycles. The lowest BCUT2D eigenvalue weighted by atomic mass is 10.4. The first-order chi connectivity index (χ1) is 6.24. The smallest absolute Gasteiger partial charge is 0.307 e. The SMILES string of the molecule is CCOC(=O)CCn1cc[nH]c1=S. The van der Waals surface area contributed by atoms with Crippen molar-refractivity contribution in [2.45, 2.75) is 19.9 Å². The van der Waals surface area contributed by atoms with Crippen LogP contribution in [0.25, 0.3) is 0 Å². The summed E-state index contributed by atoms with van der Waals surface area (Å²) in [6, 6.07) is 0. The Labute approximate surface area is 81.5 Å². The van der Waals surface area contributed by atoms with E-state index in [0.29, 0.717) is 24.3 Å². The van der Waals surface area contributed by atoms with Crippen LogP contribution in [0.3, 0.4) is 0 Å². The summed E-state index contributed by atoms with van der Waals surface area (Å²) in [7, 11) is 0. The molecule has 13 heavy (non-hydrogen) atoms. The molecule has 0 unspecified atom stereocenters. The zero-order valence-corrected chi connectivity index (χ0v) is 8.26. The maximum Gasteiger partial charge on any atom is 0.307 e. The highest BCUT2D eigenvalue weighted by Gasteiger charge is 2.01. The molecule has 0 aliphatic carbocycles. The summed E-state index contributed by atoms with van der Waals surface area (Å²) in [4.78, 5) is 13.8. The molecule has 0 aromatic carbocycles. The fourth-order valence-electron chi connectivity index (χ4n) is 0.970. The third-order valence-electron chi connectivity index (χ3n) is 1.58. The lowest BCUT2D eigenvalue weighted by Gasteiger charge is -2.01. The molecular weight excluding hydrogens is 188 g/mol. The standard InChI is InChI=1S/C8H12N2O2S/c1-2-12-7(11)3-5-10-6-4-9-8(10)13/h4,6H,2-3,5H2,1H3,(H,9,13). The molecule has 0 spiro atoms. The number of esters is 1. The van der Waals surface area contributed by atoms with Gasteiger partial charge in [0.2, 0.25) is 0 Å². The van der Waals surface area contributed by atoms with E-state index in [1.807, 2.05) is 6.20 Å². The number of carbonyl (C=O) groups is 1. The second kappa shape index (κ2) is 4.81. The highest BCUT2D eigenvalue weighted by Crippen LogP contribution is 1.95. The molecule has 1 N–H and O–H groups in total. The van der Waals surface area contributed by atoms with Gasteiger partial charge in [-0.25, -0.2) is 0 Å². The second-order valence-corrected chi connectivity index (χ2v) is 2.90. The number of rotatable bonds is 4. The number of aromatic nitrogens is 2. The Hall–Kier alpha value is -1.10. The normalized spacial score (nSPS) is 9.92. The third-order valence-corrected chi connectivity index (χ3v) is 1.94. The zero-order chi connectivity index (χ0) is 9.68. The van der Waals surface area contributed by atoms with Crippen molar-refractivity contribution in [3.8, 4) is 0 Å². The number of carbonyl (C=O) groups excluding carboxylic acids is 1. The van der Waals surface area contributed by atoms with Crippen LogP contribution in [-0.2, 0) is 16.1 Å². The molecule has 5 heteroatoms. The molecule has 4 nitrogen and oxygen atoms in total. The predicted octanol–water partition coefficient (Wildman–Crippen LogP) is 1.50. The average Bonchev–Trinajstić information content (AvgIpc) is 2.48. The minimum atomic E-state index is -0.189. The quantitative estimate of drug-likeness (QED) is 0.592. The Kier molecular flexibility index (Phi) is 3.70. The lowest BCUT2D eigenvalue weighted by Crippen LogP contribution is -2.08. The Bertz CT molecular complexity index is 329. The lowest BCUT2D eigenvalue weighted by molar-refractivity contribution is -0.143. The molecule has 0 saturated heterocycles. The highest BCUT2D eigenvalue weighted by molar-refractivity contribution is 7.71. The van der Waals surface area contributed by atoms with Gasteiger partial charge in [-0.2, -0.15) is 0 Å². The fraction of sp³-hybridized carbons (Fsp3) is 0.500. The van der Waals surface area contributed by atoms with Crippen LogP contribution in [0, 0.1) is 4.77 Å². The molecule has 1 aromatic heterocycles. The summed E-state index contributed by atoms with van der Waals surface area (Å²) >= 11 is 4.96. The van der Waals surface area contributed by atoms with Crippen LogP contribution in [0.15, 0.2) is 12.4 Å². The van der Waals surface area contributed by atoms with Gasteiger partial charge >= 0.3 is 5.97 Å². The van der Waals surface area contributed by atoms with E-state index >= 15 is 0 Å². The van der Waals surface area contributed by atoms with Crippen LogP contribution in [0.1, 0.15) is 13.3 Å². The van der Waals surface area contributed by atoms with E-state index in [9.17, 15) is 4.79 Å². The molecular formula is C8H12N2O2S. The van der Waals surface area contributed by atoms with Gasteiger partial charge in [0.1, 0.15) is 0 Å². The van der Waals surface area contributed by atoms with Crippen LogP contribution in [-0.4, -0.2) is 22.1 Å². The van der Waals surface area contributed by atoms with Crippen LogP contribution in [0.2, 0.25) is 0 Å². The summed E-state index contributed by atoms with van der Waals surface area (Å²) in [5.74, 6) is -0.189. The molecule has 0 radical (unpaired) electrons. The highest BCUT2D eigenvalue weighted by atomic mass is 32.1. The molecule has 1 rings (SSSR count). The Morgan fingerprint density at radius 2 is 2.54 bits per heavy atom. The Morgan fingerprint density at radius 3 is 3.08 bits per heavy atom. The minimum absolute atomic E-state index is 0.189. The summed E-state index contributed by atoms with van der Waals surface area (Å²) in [6.07, 6.45) is 3.91. The number of hydrogen-bond acceptors (Lipinski definition) is 3. The van der Waals surface area contributed by atoms with Crippen LogP contribution < -0.4 is 0 Å². The number of H-pyrrole nitrogens is 1. The largest absolute Gasteiger partial charge is 0.466 e. The molecule has 1 aromatic rings. The molecule has 0 bridgehead atoms. The van der Waals surface area contributed by atoms with Crippen molar-refractivity contribution >= 4 is 18.2 Å². The van der Waals surface area contributed by atoms with Gasteiger partial charge in [-0.05, 0) is 19.1 Å². The molecule has 72 valence electrons. The number of hydrogen-bond donors (Lipinski definition) is 1. The number of ether oxygens (including phenoxy) is 1. The van der Waals surface area contributed by atoms with Crippen molar-refractivity contribution in [3.63, 3.8) is 0 Å². The summed E-state index contributed by atoms with van der Waals surface area (Å²) < 4.78 is 7.21. The van der Waals surface area contributed by atoms with E-state index in [2.05, 4.69) is 4.98 Å². The van der Waals surface area contributed by atoms with Gasteiger partial charge in [-0.1, -0.05) is 0 Å². The third kappa shape index (κ3) is 3.02. The van der Waals surface area contributed by atoms with Crippen molar-refractivity contribution in [1.29, 1.82) is 0 Å². The zero-order valence-electron chi connectivity index (χ0n) is 7.45. The first-order valence-corrected chi connectivity index (χ1v) is 4.54. The number of aryl methyl sites for hydroxylation is 1. The molecule has 0 atom stereocenters. The van der Waals surface area contributed by atoms with E-state index in [1.54, 1.807) is 17.7 Å². The van der Waals surface area contributed by atoms with Crippen LogP contribution in [0.4, 0.5) is 0 Å². The molecule has 0 amide bonds. The van der Waals surface area contributed by atoms with Crippen molar-refractivity contribution in [2.24, 2.45) is 0 Å². The van der Waals surface area contributed by atoms with Gasteiger partial charge in [0.15, 0.2) is 4.77 Å². The number of imidazole rings is 1. The summed E-state index contributed by atoms with van der Waals surface area (Å²) in [5.41, 5.74) is 0. The minimum Gasteiger partial charge on any atom is -0.466 e.